The van der Waals surface area contributed by atoms with E-state index in [-0.39, 0.29) is 16.3 Å². The molecule has 0 aromatic carbocycles. The second-order valence-corrected chi connectivity index (χ2v) is 5.35. The van der Waals surface area contributed by atoms with Gasteiger partial charge in [-0.3, -0.25) is 13.9 Å². The smallest absolute Gasteiger partial charge is 0.332 e. The van der Waals surface area contributed by atoms with Crippen molar-refractivity contribution in [2.45, 2.75) is 17.3 Å². The Morgan fingerprint density at radius 3 is 2.58 bits per heavy atom. The monoisotopic (exact) mass is 283 g/mol. The Morgan fingerprint density at radius 2 is 2.00 bits per heavy atom. The number of thioether (sulfide) groups is 1. The largest absolute Gasteiger partial charge is 0.549 e. The molecule has 2 rings (SSSR count). The molecule has 2 aromatic heterocycles. The highest BCUT2D eigenvalue weighted by atomic mass is 32.2. The molecule has 8 nitrogen and oxygen atoms in total. The summed E-state index contributed by atoms with van der Waals surface area (Å²) in [4.78, 5) is 41.0. The lowest BCUT2D eigenvalue weighted by atomic mass is 10.5. The average molecular weight is 283 g/mol. The molecule has 0 spiro atoms. The molecule has 2 heterocycles. The van der Waals surface area contributed by atoms with Crippen molar-refractivity contribution in [3.8, 4) is 0 Å². The molecule has 0 saturated heterocycles. The van der Waals surface area contributed by atoms with Crippen LogP contribution in [0.1, 0.15) is 6.92 Å². The second kappa shape index (κ2) is 4.57. The molecule has 9 heteroatoms. The molecule has 102 valence electrons. The maximum atomic E-state index is 11.9. The fourth-order valence-electron chi connectivity index (χ4n) is 1.58. The van der Waals surface area contributed by atoms with Gasteiger partial charge in [0.05, 0.1) is 5.97 Å². The van der Waals surface area contributed by atoms with Gasteiger partial charge in [-0.05, 0) is 6.92 Å². The minimum absolute atomic E-state index is 0.164. The molecule has 19 heavy (non-hydrogen) atoms. The van der Waals surface area contributed by atoms with Crippen molar-refractivity contribution in [2.24, 2.45) is 14.1 Å². The topological polar surface area (TPSA) is 113 Å². The van der Waals surface area contributed by atoms with Gasteiger partial charge in [0.25, 0.3) is 5.56 Å². The SMILES string of the molecule is C[C@H](Sc1nc2c([nH]1)c(=O)n(C)c(=O)n2C)C(=O)[O-]. The first-order chi connectivity index (χ1) is 8.82. The molecule has 0 aliphatic rings. The first-order valence-electron chi connectivity index (χ1n) is 5.36. The molecule has 1 N–H and O–H groups in total. The van der Waals surface area contributed by atoms with E-state index in [2.05, 4.69) is 9.97 Å². The van der Waals surface area contributed by atoms with Gasteiger partial charge >= 0.3 is 5.69 Å². The number of aliphatic carboxylic acids is 1. The zero-order chi connectivity index (χ0) is 14.3. The maximum Gasteiger partial charge on any atom is 0.332 e. The second-order valence-electron chi connectivity index (χ2n) is 4.03. The minimum atomic E-state index is -1.23. The third-order valence-corrected chi connectivity index (χ3v) is 3.66. The van der Waals surface area contributed by atoms with E-state index >= 15 is 0 Å². The summed E-state index contributed by atoms with van der Waals surface area (Å²) >= 11 is 0.914. The fourth-order valence-corrected chi connectivity index (χ4v) is 2.31. The van der Waals surface area contributed by atoms with Crippen LogP contribution in [-0.2, 0) is 18.9 Å². The summed E-state index contributed by atoms with van der Waals surface area (Å²) in [6.07, 6.45) is 0. The van der Waals surface area contributed by atoms with Crippen LogP contribution in [0.2, 0.25) is 0 Å². The van der Waals surface area contributed by atoms with Crippen LogP contribution in [0, 0.1) is 0 Å². The Labute approximate surface area is 111 Å². The number of imidazole rings is 1. The molecule has 0 saturated carbocycles. The van der Waals surface area contributed by atoms with E-state index in [9.17, 15) is 19.5 Å². The van der Waals surface area contributed by atoms with Crippen molar-refractivity contribution in [3.63, 3.8) is 0 Å². The summed E-state index contributed by atoms with van der Waals surface area (Å²) < 4.78 is 2.18. The van der Waals surface area contributed by atoms with Crippen molar-refractivity contribution in [3.05, 3.63) is 20.8 Å². The van der Waals surface area contributed by atoms with Gasteiger partial charge in [-0.25, -0.2) is 9.78 Å². The molecule has 2 aromatic rings. The highest BCUT2D eigenvalue weighted by molar-refractivity contribution is 8.00. The van der Waals surface area contributed by atoms with Gasteiger partial charge in [0.1, 0.15) is 0 Å². The zero-order valence-electron chi connectivity index (χ0n) is 10.5. The van der Waals surface area contributed by atoms with E-state index in [4.69, 9.17) is 0 Å². The number of aryl methyl sites for hydroxylation is 1. The molecule has 0 radical (unpaired) electrons. The van der Waals surface area contributed by atoms with Gasteiger partial charge in [0.2, 0.25) is 0 Å². The van der Waals surface area contributed by atoms with E-state index < -0.39 is 22.5 Å². The molecule has 0 aliphatic carbocycles. The van der Waals surface area contributed by atoms with Gasteiger partial charge in [-0.2, -0.15) is 0 Å². The first kappa shape index (κ1) is 13.4. The molecule has 0 bridgehead atoms. The van der Waals surface area contributed by atoms with Crippen molar-refractivity contribution in [1.29, 1.82) is 0 Å². The zero-order valence-corrected chi connectivity index (χ0v) is 11.3. The number of nitrogens with one attached hydrogen (secondary N) is 1. The molecular formula is C10H11N4O4S-. The third-order valence-electron chi connectivity index (χ3n) is 2.69. The number of carboxylic acids is 1. The van der Waals surface area contributed by atoms with Crippen molar-refractivity contribution in [2.75, 3.05) is 0 Å². The van der Waals surface area contributed by atoms with Crippen LogP contribution >= 0.6 is 11.8 Å². The predicted octanol–water partition coefficient (Wildman–Crippen LogP) is -1.81. The van der Waals surface area contributed by atoms with Crippen LogP contribution in [-0.4, -0.2) is 30.3 Å². The van der Waals surface area contributed by atoms with Crippen LogP contribution in [0.3, 0.4) is 0 Å². The lowest BCUT2D eigenvalue weighted by molar-refractivity contribution is -0.304. The lowest BCUT2D eigenvalue weighted by Gasteiger charge is -2.08. The van der Waals surface area contributed by atoms with Crippen molar-refractivity contribution >= 4 is 28.9 Å². The lowest BCUT2D eigenvalue weighted by Crippen LogP contribution is -2.36. The number of aromatic amines is 1. The molecule has 0 amide bonds. The van der Waals surface area contributed by atoms with Crippen LogP contribution < -0.4 is 16.4 Å². The molecule has 0 unspecified atom stereocenters. The highest BCUT2D eigenvalue weighted by Crippen LogP contribution is 2.21. The third kappa shape index (κ3) is 2.16. The Kier molecular flexibility index (Phi) is 3.23. The maximum absolute atomic E-state index is 11.9. The number of fused-ring (bicyclic) bond motifs is 1. The number of carboxylic acid groups (broad SMARTS) is 1. The number of hydrogen-bond acceptors (Lipinski definition) is 6. The van der Waals surface area contributed by atoms with Gasteiger partial charge in [-0.15, -0.1) is 0 Å². The van der Waals surface area contributed by atoms with Crippen LogP contribution in [0.5, 0.6) is 0 Å². The Bertz CT molecular complexity index is 772. The van der Waals surface area contributed by atoms with E-state index in [0.29, 0.717) is 0 Å². The molecule has 1 atom stereocenters. The van der Waals surface area contributed by atoms with E-state index in [1.807, 2.05) is 0 Å². The van der Waals surface area contributed by atoms with Gasteiger partial charge < -0.3 is 14.9 Å². The molecular weight excluding hydrogens is 272 g/mol. The summed E-state index contributed by atoms with van der Waals surface area (Å²) in [5.41, 5.74) is -0.633. The number of carbonyl (C=O) groups is 1. The molecule has 0 aliphatic heterocycles. The van der Waals surface area contributed by atoms with E-state index in [1.54, 1.807) is 0 Å². The summed E-state index contributed by atoms with van der Waals surface area (Å²) in [5.74, 6) is -1.23. The average Bonchev–Trinajstić information content (AvgIpc) is 2.77. The van der Waals surface area contributed by atoms with Crippen LogP contribution in [0.25, 0.3) is 11.2 Å². The number of H-pyrrole nitrogens is 1. The van der Waals surface area contributed by atoms with E-state index in [1.165, 1.54) is 25.6 Å². The van der Waals surface area contributed by atoms with Crippen molar-refractivity contribution in [1.82, 2.24) is 19.1 Å². The number of aromatic nitrogens is 4. The van der Waals surface area contributed by atoms with Crippen LogP contribution in [0.15, 0.2) is 14.7 Å². The fraction of sp³-hybridized carbons (Fsp3) is 0.400. The summed E-state index contributed by atoms with van der Waals surface area (Å²) in [6, 6.07) is 0. The Balaban J connectivity index is 2.62. The normalized spacial score (nSPS) is 12.8. The van der Waals surface area contributed by atoms with Gasteiger partial charge in [-0.1, -0.05) is 11.8 Å². The van der Waals surface area contributed by atoms with Gasteiger partial charge in [0, 0.05) is 19.3 Å². The van der Waals surface area contributed by atoms with Crippen molar-refractivity contribution < 1.29 is 9.90 Å². The van der Waals surface area contributed by atoms with Crippen LogP contribution in [0.4, 0.5) is 0 Å². The predicted molar refractivity (Wildman–Crippen MR) is 66.9 cm³/mol. The van der Waals surface area contributed by atoms with E-state index in [0.717, 1.165) is 16.3 Å². The first-order valence-corrected chi connectivity index (χ1v) is 6.24. The number of hydrogen-bond donors (Lipinski definition) is 1. The Hall–Kier alpha value is -2.03. The Morgan fingerprint density at radius 1 is 1.37 bits per heavy atom. The minimum Gasteiger partial charge on any atom is -0.549 e. The number of nitrogens with zero attached hydrogens (tertiary/aromatic N) is 3. The number of carbonyl (C=O) groups excluding carboxylic acids is 1. The summed E-state index contributed by atoms with van der Waals surface area (Å²) in [6.45, 7) is 1.45. The number of rotatable bonds is 3. The summed E-state index contributed by atoms with van der Waals surface area (Å²) in [7, 11) is 2.85. The highest BCUT2D eigenvalue weighted by Gasteiger charge is 2.15. The molecule has 0 fully saturated rings. The van der Waals surface area contributed by atoms with Gasteiger partial charge in [0.15, 0.2) is 16.3 Å². The summed E-state index contributed by atoms with van der Waals surface area (Å²) in [5, 5.41) is 10.1. The quantitative estimate of drug-likeness (QED) is 0.664. The standard InChI is InChI=1S/C10H12N4O4S/c1-4(8(16)17)19-9-11-5-6(12-9)13(2)10(18)14(3)7(5)15/h4H,1-3H3,(H,11,12)(H,16,17)/p-1/t4-/m0/s1.